The lowest BCUT2D eigenvalue weighted by atomic mass is 10.1. The van der Waals surface area contributed by atoms with Crippen LogP contribution < -0.4 is 30.6 Å². The Bertz CT molecular complexity index is 1280. The number of para-hydroxylation sites is 2. The maximum Gasteiger partial charge on any atom is 0.319 e. The van der Waals surface area contributed by atoms with Crippen LogP contribution in [0.3, 0.4) is 0 Å². The average Bonchev–Trinajstić information content (AvgIpc) is 2.86. The lowest BCUT2D eigenvalue weighted by Crippen LogP contribution is -2.47. The monoisotopic (exact) mass is 477 g/mol. The first-order valence-corrected chi connectivity index (χ1v) is 12.2. The number of nitrogens with zero attached hydrogens (tertiary/aromatic N) is 3. The van der Waals surface area contributed by atoms with Gasteiger partial charge in [0.05, 0.1) is 11.0 Å². The molecule has 9 nitrogen and oxygen atoms in total. The molecule has 2 N–H and O–H groups in total. The van der Waals surface area contributed by atoms with E-state index in [0.29, 0.717) is 61.8 Å². The number of ether oxygens (including phenoxy) is 2. The summed E-state index contributed by atoms with van der Waals surface area (Å²) in [5.41, 5.74) is 2.28. The second-order valence-corrected chi connectivity index (χ2v) is 9.45. The van der Waals surface area contributed by atoms with Gasteiger partial charge in [-0.25, -0.2) is 9.78 Å². The number of urea groups is 1. The van der Waals surface area contributed by atoms with E-state index >= 15 is 0 Å². The van der Waals surface area contributed by atoms with E-state index in [1.165, 1.54) is 0 Å². The molecule has 2 amide bonds. The van der Waals surface area contributed by atoms with E-state index < -0.39 is 0 Å². The molecule has 0 saturated carbocycles. The van der Waals surface area contributed by atoms with Crippen molar-refractivity contribution in [3.63, 3.8) is 0 Å². The van der Waals surface area contributed by atoms with Gasteiger partial charge >= 0.3 is 6.03 Å². The smallest absolute Gasteiger partial charge is 0.319 e. The summed E-state index contributed by atoms with van der Waals surface area (Å²) in [6.45, 7) is 7.18. The predicted octanol–water partition coefficient (Wildman–Crippen LogP) is 3.61. The summed E-state index contributed by atoms with van der Waals surface area (Å²) in [4.78, 5) is 32.7. The second kappa shape index (κ2) is 9.85. The molecule has 0 atom stereocenters. The van der Waals surface area contributed by atoms with Crippen molar-refractivity contribution in [2.75, 3.05) is 36.5 Å². The van der Waals surface area contributed by atoms with Crippen molar-refractivity contribution in [3.8, 4) is 11.5 Å². The van der Waals surface area contributed by atoms with E-state index in [-0.39, 0.29) is 17.6 Å². The van der Waals surface area contributed by atoms with E-state index in [9.17, 15) is 9.59 Å². The zero-order chi connectivity index (χ0) is 24.4. The minimum absolute atomic E-state index is 0.0156. The highest BCUT2D eigenvalue weighted by molar-refractivity contribution is 5.90. The molecule has 0 unspecified atom stereocenters. The largest absolute Gasteiger partial charge is 0.486 e. The van der Waals surface area contributed by atoms with E-state index in [0.717, 1.165) is 23.9 Å². The van der Waals surface area contributed by atoms with Crippen molar-refractivity contribution >= 4 is 28.6 Å². The highest BCUT2D eigenvalue weighted by atomic mass is 16.6. The normalized spacial score (nSPS) is 15.9. The number of amides is 2. The Morgan fingerprint density at radius 3 is 2.60 bits per heavy atom. The number of aromatic nitrogens is 2. The fourth-order valence-corrected chi connectivity index (χ4v) is 4.64. The summed E-state index contributed by atoms with van der Waals surface area (Å²) in [5, 5.41) is 5.92. The fourth-order valence-electron chi connectivity index (χ4n) is 4.64. The molecular weight excluding hydrogens is 446 g/mol. The zero-order valence-corrected chi connectivity index (χ0v) is 20.1. The van der Waals surface area contributed by atoms with E-state index in [1.54, 1.807) is 18.2 Å². The SMILES string of the molecule is CC(C)Cn1c(=O)c(N2CCC(NC(=O)Nc3ccc4c(c3)OCCO4)CC2)nc2ccccc21. The van der Waals surface area contributed by atoms with Crippen LogP contribution in [0.2, 0.25) is 0 Å². The van der Waals surface area contributed by atoms with Crippen LogP contribution in [0.25, 0.3) is 11.0 Å². The number of hydrogen-bond donors (Lipinski definition) is 2. The molecule has 2 aliphatic rings. The zero-order valence-electron chi connectivity index (χ0n) is 20.1. The minimum atomic E-state index is -0.261. The van der Waals surface area contributed by atoms with Gasteiger partial charge in [0.1, 0.15) is 13.2 Å². The number of carbonyl (C=O) groups is 1. The van der Waals surface area contributed by atoms with Gasteiger partial charge in [-0.05, 0) is 43.0 Å². The van der Waals surface area contributed by atoms with Crippen molar-refractivity contribution in [2.24, 2.45) is 5.92 Å². The van der Waals surface area contributed by atoms with E-state index in [1.807, 2.05) is 33.7 Å². The molecule has 1 aromatic heterocycles. The van der Waals surface area contributed by atoms with Crippen LogP contribution in [0, 0.1) is 5.92 Å². The van der Waals surface area contributed by atoms with E-state index in [4.69, 9.17) is 14.5 Å². The summed E-state index contributed by atoms with van der Waals surface area (Å²) in [5.74, 6) is 2.15. The molecule has 184 valence electrons. The van der Waals surface area contributed by atoms with Gasteiger partial charge in [0.25, 0.3) is 5.56 Å². The summed E-state index contributed by atoms with van der Waals surface area (Å²) >= 11 is 0. The first kappa shape index (κ1) is 23.0. The van der Waals surface area contributed by atoms with Crippen LogP contribution in [-0.4, -0.2) is 47.9 Å². The van der Waals surface area contributed by atoms with Crippen LogP contribution in [0.1, 0.15) is 26.7 Å². The standard InChI is InChI=1S/C26H31N5O4/c1-17(2)16-31-21-6-4-3-5-20(21)29-24(25(31)32)30-11-9-18(10-12-30)27-26(33)28-19-7-8-22-23(15-19)35-14-13-34-22/h3-8,15,17-18H,9-14,16H2,1-2H3,(H2,27,28,33). The third-order valence-corrected chi connectivity index (χ3v) is 6.31. The summed E-state index contributed by atoms with van der Waals surface area (Å²) < 4.78 is 12.9. The molecular formula is C26H31N5O4. The first-order valence-electron chi connectivity index (χ1n) is 12.2. The fraction of sp³-hybridized carbons (Fsp3) is 0.423. The molecule has 0 radical (unpaired) electrons. The Morgan fingerprint density at radius 2 is 1.83 bits per heavy atom. The number of carbonyl (C=O) groups excluding carboxylic acids is 1. The van der Waals surface area contributed by atoms with Crippen molar-refractivity contribution in [1.29, 1.82) is 0 Å². The van der Waals surface area contributed by atoms with Gasteiger partial charge < -0.3 is 29.6 Å². The predicted molar refractivity (Wildman–Crippen MR) is 136 cm³/mol. The lowest BCUT2D eigenvalue weighted by Gasteiger charge is -2.33. The van der Waals surface area contributed by atoms with Crippen molar-refractivity contribution in [3.05, 3.63) is 52.8 Å². The van der Waals surface area contributed by atoms with E-state index in [2.05, 4.69) is 24.5 Å². The van der Waals surface area contributed by atoms with Crippen LogP contribution in [-0.2, 0) is 6.54 Å². The number of benzene rings is 2. The van der Waals surface area contributed by atoms with Crippen molar-refractivity contribution in [2.45, 2.75) is 39.3 Å². The Hall–Kier alpha value is -3.75. The van der Waals surface area contributed by atoms with Gasteiger partial charge in [-0.15, -0.1) is 0 Å². The quantitative estimate of drug-likeness (QED) is 0.583. The number of rotatable bonds is 5. The maximum atomic E-state index is 13.3. The molecule has 9 heteroatoms. The molecule has 1 saturated heterocycles. The molecule has 2 aliphatic heterocycles. The summed E-state index contributed by atoms with van der Waals surface area (Å²) in [7, 11) is 0. The van der Waals surface area contributed by atoms with Gasteiger partial charge in [-0.2, -0.15) is 0 Å². The first-order chi connectivity index (χ1) is 17.0. The van der Waals surface area contributed by atoms with Crippen LogP contribution >= 0.6 is 0 Å². The Labute approximate surface area is 204 Å². The molecule has 5 rings (SSSR count). The molecule has 3 heterocycles. The Kier molecular flexibility index (Phi) is 6.48. The summed E-state index contributed by atoms with van der Waals surface area (Å²) in [6.07, 6.45) is 1.46. The van der Waals surface area contributed by atoms with Crippen LogP contribution in [0.5, 0.6) is 11.5 Å². The van der Waals surface area contributed by atoms with Gasteiger partial charge in [0.15, 0.2) is 17.3 Å². The van der Waals surface area contributed by atoms with Gasteiger partial charge in [-0.3, -0.25) is 4.79 Å². The number of hydrogen-bond acceptors (Lipinski definition) is 6. The third kappa shape index (κ3) is 5.03. The molecule has 0 bridgehead atoms. The maximum absolute atomic E-state index is 13.3. The number of fused-ring (bicyclic) bond motifs is 2. The Balaban J connectivity index is 1.23. The third-order valence-electron chi connectivity index (χ3n) is 6.31. The molecule has 0 aliphatic carbocycles. The van der Waals surface area contributed by atoms with Crippen molar-refractivity contribution in [1.82, 2.24) is 14.9 Å². The number of anilines is 2. The lowest BCUT2D eigenvalue weighted by molar-refractivity contribution is 0.171. The van der Waals surface area contributed by atoms with Gasteiger partial charge in [-0.1, -0.05) is 26.0 Å². The van der Waals surface area contributed by atoms with Crippen molar-refractivity contribution < 1.29 is 14.3 Å². The van der Waals surface area contributed by atoms with Crippen LogP contribution in [0.4, 0.5) is 16.3 Å². The summed E-state index contributed by atoms with van der Waals surface area (Å²) in [6, 6.07) is 12.9. The highest BCUT2D eigenvalue weighted by Gasteiger charge is 2.25. The average molecular weight is 478 g/mol. The van der Waals surface area contributed by atoms with Gasteiger partial charge in [0, 0.05) is 37.4 Å². The molecule has 3 aromatic rings. The van der Waals surface area contributed by atoms with Crippen LogP contribution in [0.15, 0.2) is 47.3 Å². The molecule has 0 spiro atoms. The minimum Gasteiger partial charge on any atom is -0.486 e. The second-order valence-electron chi connectivity index (χ2n) is 9.45. The molecule has 2 aromatic carbocycles. The number of nitrogens with one attached hydrogen (secondary N) is 2. The molecule has 35 heavy (non-hydrogen) atoms. The topological polar surface area (TPSA) is 97.7 Å². The highest BCUT2D eigenvalue weighted by Crippen LogP contribution is 2.32. The molecule has 1 fully saturated rings. The Morgan fingerprint density at radius 1 is 1.09 bits per heavy atom. The van der Waals surface area contributed by atoms with Gasteiger partial charge in [0.2, 0.25) is 0 Å². The number of piperidine rings is 1.